The molecule has 1 fully saturated rings. The van der Waals surface area contributed by atoms with Crippen molar-refractivity contribution in [3.05, 3.63) is 65.0 Å². The van der Waals surface area contributed by atoms with Crippen LogP contribution in [0, 0.1) is 5.82 Å². The summed E-state index contributed by atoms with van der Waals surface area (Å²) in [5.74, 6) is 0.225. The number of ether oxygens (including phenoxy) is 2. The highest BCUT2D eigenvalue weighted by atomic mass is 19.1. The van der Waals surface area contributed by atoms with Crippen molar-refractivity contribution in [1.82, 2.24) is 0 Å². The van der Waals surface area contributed by atoms with Crippen LogP contribution in [0.4, 0.5) is 10.1 Å². The first-order chi connectivity index (χ1) is 11.6. The normalized spacial score (nSPS) is 25.8. The summed E-state index contributed by atoms with van der Waals surface area (Å²) in [5.41, 5.74) is 4.35. The zero-order valence-corrected chi connectivity index (χ0v) is 14.0. The number of hydrogen-bond acceptors (Lipinski definition) is 3. The van der Waals surface area contributed by atoms with Gasteiger partial charge in [0.2, 0.25) is 0 Å². The van der Waals surface area contributed by atoms with E-state index in [4.69, 9.17) is 9.47 Å². The molecule has 2 aliphatic heterocycles. The maximum absolute atomic E-state index is 13.7. The van der Waals surface area contributed by atoms with Gasteiger partial charge in [-0.05, 0) is 35.2 Å². The molecule has 2 aliphatic rings. The lowest BCUT2D eigenvalue weighted by molar-refractivity contribution is -0.151. The van der Waals surface area contributed by atoms with Gasteiger partial charge in [0.25, 0.3) is 0 Å². The first-order valence-corrected chi connectivity index (χ1v) is 8.52. The van der Waals surface area contributed by atoms with Crippen LogP contribution in [0.1, 0.15) is 48.6 Å². The van der Waals surface area contributed by atoms with Crippen molar-refractivity contribution in [3.63, 3.8) is 0 Å². The molecule has 0 saturated carbocycles. The van der Waals surface area contributed by atoms with Crippen molar-refractivity contribution in [1.29, 1.82) is 0 Å². The summed E-state index contributed by atoms with van der Waals surface area (Å²) in [5, 5.41) is 3.53. The second kappa shape index (κ2) is 6.19. The van der Waals surface area contributed by atoms with E-state index in [0.717, 1.165) is 16.8 Å². The third-order valence-electron chi connectivity index (χ3n) is 4.89. The van der Waals surface area contributed by atoms with E-state index in [1.165, 1.54) is 11.6 Å². The summed E-state index contributed by atoms with van der Waals surface area (Å²) in [7, 11) is 0. The van der Waals surface area contributed by atoms with Crippen LogP contribution < -0.4 is 5.32 Å². The van der Waals surface area contributed by atoms with Crippen molar-refractivity contribution < 1.29 is 13.9 Å². The molecule has 126 valence electrons. The van der Waals surface area contributed by atoms with Gasteiger partial charge < -0.3 is 14.8 Å². The van der Waals surface area contributed by atoms with E-state index < -0.39 is 0 Å². The molecule has 3 atom stereocenters. The second-order valence-electron chi connectivity index (χ2n) is 6.81. The first kappa shape index (κ1) is 15.6. The standard InChI is InChI=1S/C20H22FNO2/c1-12(2)13-6-7-17-16(11-13)19-20(24-9-8-23-19)18(22-17)14-4-3-5-15(21)10-14/h3-7,10-12,18-20,22H,8-9H2,1-2H3. The topological polar surface area (TPSA) is 30.5 Å². The molecule has 2 aromatic rings. The van der Waals surface area contributed by atoms with Gasteiger partial charge >= 0.3 is 0 Å². The van der Waals surface area contributed by atoms with E-state index in [0.29, 0.717) is 19.1 Å². The summed E-state index contributed by atoms with van der Waals surface area (Å²) in [6.07, 6.45) is -0.280. The largest absolute Gasteiger partial charge is 0.375 e. The monoisotopic (exact) mass is 327 g/mol. The van der Waals surface area contributed by atoms with Gasteiger partial charge in [-0.1, -0.05) is 38.1 Å². The third-order valence-corrected chi connectivity index (χ3v) is 4.89. The Bertz CT molecular complexity index is 746. The van der Waals surface area contributed by atoms with Gasteiger partial charge in [0.05, 0.1) is 19.3 Å². The summed E-state index contributed by atoms with van der Waals surface area (Å²) in [6, 6.07) is 13.0. The minimum absolute atomic E-state index is 0.122. The van der Waals surface area contributed by atoms with Gasteiger partial charge in [0.15, 0.2) is 0 Å². The number of hydrogen-bond donors (Lipinski definition) is 1. The molecule has 24 heavy (non-hydrogen) atoms. The Labute approximate surface area is 141 Å². The van der Waals surface area contributed by atoms with Gasteiger partial charge in [0.1, 0.15) is 18.0 Å². The molecule has 1 N–H and O–H groups in total. The van der Waals surface area contributed by atoms with Crippen molar-refractivity contribution in [3.8, 4) is 0 Å². The van der Waals surface area contributed by atoms with Gasteiger partial charge in [-0.2, -0.15) is 0 Å². The Hall–Kier alpha value is -1.91. The summed E-state index contributed by atoms with van der Waals surface area (Å²) in [4.78, 5) is 0. The molecule has 0 aromatic heterocycles. The molecular weight excluding hydrogens is 305 g/mol. The smallest absolute Gasteiger partial charge is 0.123 e. The molecule has 3 unspecified atom stereocenters. The van der Waals surface area contributed by atoms with Crippen LogP contribution in [0.2, 0.25) is 0 Å². The average Bonchev–Trinajstić information content (AvgIpc) is 2.60. The summed E-state index contributed by atoms with van der Waals surface area (Å²) >= 11 is 0. The van der Waals surface area contributed by atoms with Crippen molar-refractivity contribution in [2.45, 2.75) is 38.0 Å². The number of anilines is 1. The van der Waals surface area contributed by atoms with E-state index in [1.807, 2.05) is 6.07 Å². The molecule has 0 amide bonds. The number of benzene rings is 2. The van der Waals surface area contributed by atoms with E-state index in [1.54, 1.807) is 12.1 Å². The molecule has 1 saturated heterocycles. The molecule has 0 spiro atoms. The number of halogens is 1. The lowest BCUT2D eigenvalue weighted by atomic mass is 9.86. The Kier molecular flexibility index (Phi) is 4.02. The fourth-order valence-electron chi connectivity index (χ4n) is 3.61. The third kappa shape index (κ3) is 2.70. The van der Waals surface area contributed by atoms with Crippen molar-refractivity contribution in [2.75, 3.05) is 18.5 Å². The number of fused-ring (bicyclic) bond motifs is 3. The Balaban J connectivity index is 1.77. The highest BCUT2D eigenvalue weighted by Crippen LogP contribution is 2.44. The lowest BCUT2D eigenvalue weighted by Gasteiger charge is -2.43. The average molecular weight is 327 g/mol. The molecule has 2 aromatic carbocycles. The van der Waals surface area contributed by atoms with Crippen LogP contribution in [0.25, 0.3) is 0 Å². The van der Waals surface area contributed by atoms with Crippen LogP contribution in [-0.4, -0.2) is 19.3 Å². The van der Waals surface area contributed by atoms with Gasteiger partial charge in [-0.3, -0.25) is 0 Å². The molecule has 4 heteroatoms. The Morgan fingerprint density at radius 3 is 2.71 bits per heavy atom. The molecule has 0 radical (unpaired) electrons. The van der Waals surface area contributed by atoms with Gasteiger partial charge in [-0.25, -0.2) is 4.39 Å². The van der Waals surface area contributed by atoms with E-state index in [-0.39, 0.29) is 24.1 Å². The number of nitrogens with one attached hydrogen (secondary N) is 1. The molecule has 0 bridgehead atoms. The fourth-order valence-corrected chi connectivity index (χ4v) is 3.61. The fraction of sp³-hybridized carbons (Fsp3) is 0.400. The Morgan fingerprint density at radius 1 is 1.08 bits per heavy atom. The Morgan fingerprint density at radius 2 is 1.92 bits per heavy atom. The van der Waals surface area contributed by atoms with Crippen LogP contribution in [0.3, 0.4) is 0 Å². The van der Waals surface area contributed by atoms with Gasteiger partial charge in [-0.15, -0.1) is 0 Å². The van der Waals surface area contributed by atoms with E-state index in [9.17, 15) is 4.39 Å². The lowest BCUT2D eigenvalue weighted by Crippen LogP contribution is -2.43. The van der Waals surface area contributed by atoms with Gasteiger partial charge in [0, 0.05) is 11.3 Å². The SMILES string of the molecule is CC(C)c1ccc2c(c1)C1OCCOC1C(c1cccc(F)c1)N2. The minimum Gasteiger partial charge on any atom is -0.375 e. The highest BCUT2D eigenvalue weighted by molar-refractivity contribution is 5.59. The van der Waals surface area contributed by atoms with Crippen LogP contribution in [0.15, 0.2) is 42.5 Å². The molecule has 4 rings (SSSR count). The van der Waals surface area contributed by atoms with E-state index in [2.05, 4.69) is 37.4 Å². The predicted molar refractivity (Wildman–Crippen MR) is 91.7 cm³/mol. The van der Waals surface area contributed by atoms with Crippen molar-refractivity contribution >= 4 is 5.69 Å². The maximum Gasteiger partial charge on any atom is 0.123 e. The van der Waals surface area contributed by atoms with Crippen LogP contribution in [-0.2, 0) is 9.47 Å². The number of rotatable bonds is 2. The van der Waals surface area contributed by atoms with Crippen LogP contribution >= 0.6 is 0 Å². The highest BCUT2D eigenvalue weighted by Gasteiger charge is 2.41. The zero-order chi connectivity index (χ0) is 16.7. The first-order valence-electron chi connectivity index (χ1n) is 8.52. The molecular formula is C20H22FNO2. The summed E-state index contributed by atoms with van der Waals surface area (Å²) in [6.45, 7) is 5.52. The second-order valence-corrected chi connectivity index (χ2v) is 6.81. The predicted octanol–water partition coefficient (Wildman–Crippen LogP) is 4.57. The maximum atomic E-state index is 13.7. The summed E-state index contributed by atoms with van der Waals surface area (Å²) < 4.78 is 25.8. The zero-order valence-electron chi connectivity index (χ0n) is 14.0. The van der Waals surface area contributed by atoms with Crippen molar-refractivity contribution in [2.24, 2.45) is 0 Å². The van der Waals surface area contributed by atoms with E-state index >= 15 is 0 Å². The minimum atomic E-state index is -0.233. The van der Waals surface area contributed by atoms with Crippen LogP contribution in [0.5, 0.6) is 0 Å². The quantitative estimate of drug-likeness (QED) is 0.876. The molecule has 0 aliphatic carbocycles. The molecule has 3 nitrogen and oxygen atoms in total. The molecule has 2 heterocycles.